The van der Waals surface area contributed by atoms with Gasteiger partial charge < -0.3 is 4.90 Å². The molecular formula is C12H15F3N2O2S. The van der Waals surface area contributed by atoms with Gasteiger partial charge in [-0.3, -0.25) is 0 Å². The second-order valence-corrected chi connectivity index (χ2v) is 6.40. The molecule has 1 aliphatic heterocycles. The highest BCUT2D eigenvalue weighted by molar-refractivity contribution is 7.89. The summed E-state index contributed by atoms with van der Waals surface area (Å²) in [6.07, 6.45) is -4.02. The zero-order valence-electron chi connectivity index (χ0n) is 10.6. The third-order valence-corrected chi connectivity index (χ3v) is 4.42. The van der Waals surface area contributed by atoms with E-state index < -0.39 is 22.1 Å². The zero-order valence-corrected chi connectivity index (χ0v) is 11.4. The van der Waals surface area contributed by atoms with Crippen molar-refractivity contribution in [2.75, 3.05) is 18.0 Å². The average Bonchev–Trinajstić information content (AvgIpc) is 2.37. The molecule has 20 heavy (non-hydrogen) atoms. The number of rotatable bonds is 2. The summed E-state index contributed by atoms with van der Waals surface area (Å²) in [5, 5.41) is 4.98. The fourth-order valence-electron chi connectivity index (χ4n) is 2.31. The first-order valence-electron chi connectivity index (χ1n) is 6.12. The van der Waals surface area contributed by atoms with Gasteiger partial charge in [0.05, 0.1) is 10.8 Å². The fourth-order valence-corrected chi connectivity index (χ4v) is 2.83. The van der Waals surface area contributed by atoms with Crippen molar-refractivity contribution in [3.8, 4) is 0 Å². The third-order valence-electron chi connectivity index (χ3n) is 3.49. The summed E-state index contributed by atoms with van der Waals surface area (Å²) < 4.78 is 59.9. The summed E-state index contributed by atoms with van der Waals surface area (Å²) in [5.41, 5.74) is 0.707. The number of hydrogen-bond donors (Lipinski definition) is 1. The molecule has 0 radical (unpaired) electrons. The normalized spacial score (nSPS) is 18.3. The number of nitrogens with zero attached hydrogens (tertiary/aromatic N) is 1. The molecule has 1 aromatic carbocycles. The minimum absolute atomic E-state index is 0.00794. The van der Waals surface area contributed by atoms with E-state index in [4.69, 9.17) is 5.14 Å². The molecule has 0 bridgehead atoms. The molecule has 0 saturated carbocycles. The second kappa shape index (κ2) is 5.25. The molecule has 0 spiro atoms. The van der Waals surface area contributed by atoms with Crippen LogP contribution in [-0.2, 0) is 10.0 Å². The van der Waals surface area contributed by atoms with Crippen molar-refractivity contribution >= 4 is 15.7 Å². The number of nitrogens with two attached hydrogens (primary N) is 1. The van der Waals surface area contributed by atoms with Gasteiger partial charge in [0.1, 0.15) is 0 Å². The Hall–Kier alpha value is -1.28. The molecule has 1 aliphatic rings. The summed E-state index contributed by atoms with van der Waals surface area (Å²) in [6, 6.07) is 5.85. The minimum atomic E-state index is -4.14. The van der Waals surface area contributed by atoms with Gasteiger partial charge in [0.2, 0.25) is 10.0 Å². The van der Waals surface area contributed by atoms with Gasteiger partial charge in [-0.15, -0.1) is 0 Å². The van der Waals surface area contributed by atoms with E-state index >= 15 is 0 Å². The average molecular weight is 308 g/mol. The van der Waals surface area contributed by atoms with E-state index in [0.717, 1.165) is 0 Å². The zero-order chi connectivity index (χ0) is 15.0. The van der Waals surface area contributed by atoms with Gasteiger partial charge in [-0.2, -0.15) is 13.2 Å². The highest BCUT2D eigenvalue weighted by Crippen LogP contribution is 2.35. The van der Waals surface area contributed by atoms with E-state index in [1.807, 2.05) is 4.90 Å². The largest absolute Gasteiger partial charge is 0.391 e. The van der Waals surface area contributed by atoms with E-state index in [1.165, 1.54) is 12.1 Å². The quantitative estimate of drug-likeness (QED) is 0.910. The van der Waals surface area contributed by atoms with Crippen LogP contribution in [0.15, 0.2) is 29.2 Å². The highest BCUT2D eigenvalue weighted by atomic mass is 32.2. The number of benzene rings is 1. The van der Waals surface area contributed by atoms with Crippen LogP contribution in [0.4, 0.5) is 18.9 Å². The minimum Gasteiger partial charge on any atom is -0.372 e. The van der Waals surface area contributed by atoms with Crippen molar-refractivity contribution in [2.24, 2.45) is 11.1 Å². The van der Waals surface area contributed by atoms with Gasteiger partial charge in [-0.1, -0.05) is 0 Å². The molecular weight excluding hydrogens is 293 g/mol. The van der Waals surface area contributed by atoms with Gasteiger partial charge in [0.25, 0.3) is 0 Å². The maximum Gasteiger partial charge on any atom is 0.391 e. The van der Waals surface area contributed by atoms with Crippen LogP contribution < -0.4 is 10.0 Å². The molecule has 0 unspecified atom stereocenters. The summed E-state index contributed by atoms with van der Waals surface area (Å²) in [6.45, 7) is 0.609. The molecule has 112 valence electrons. The van der Waals surface area contributed by atoms with E-state index in [9.17, 15) is 21.6 Å². The Morgan fingerprint density at radius 2 is 1.60 bits per heavy atom. The Morgan fingerprint density at radius 1 is 1.10 bits per heavy atom. The number of alkyl halides is 3. The SMILES string of the molecule is NS(=O)(=O)c1ccc(N2CCC(C(F)(F)F)CC2)cc1. The first-order valence-corrected chi connectivity index (χ1v) is 7.67. The van der Waals surface area contributed by atoms with E-state index in [2.05, 4.69) is 0 Å². The molecule has 1 saturated heterocycles. The van der Waals surface area contributed by atoms with Crippen LogP contribution in [0.1, 0.15) is 12.8 Å². The molecule has 2 N–H and O–H groups in total. The number of piperidine rings is 1. The molecule has 0 aliphatic carbocycles. The van der Waals surface area contributed by atoms with Gasteiger partial charge in [0.15, 0.2) is 0 Å². The number of primary sulfonamides is 1. The number of halogens is 3. The maximum absolute atomic E-state index is 12.6. The van der Waals surface area contributed by atoms with Crippen LogP contribution in [0.25, 0.3) is 0 Å². The molecule has 1 aromatic rings. The Kier molecular flexibility index (Phi) is 3.97. The first kappa shape index (κ1) is 15.1. The Labute approximate surface area is 115 Å². The lowest BCUT2D eigenvalue weighted by atomic mass is 9.96. The van der Waals surface area contributed by atoms with Crippen LogP contribution in [0.3, 0.4) is 0 Å². The third kappa shape index (κ3) is 3.43. The number of anilines is 1. The molecule has 0 amide bonds. The van der Waals surface area contributed by atoms with Crippen molar-refractivity contribution in [1.82, 2.24) is 0 Å². The van der Waals surface area contributed by atoms with Crippen LogP contribution in [0.2, 0.25) is 0 Å². The standard InChI is InChI=1S/C12H15F3N2O2S/c13-12(14,15)9-5-7-17(8-6-9)10-1-3-11(4-2-10)20(16,18)19/h1-4,9H,5-8H2,(H2,16,18,19). The van der Waals surface area contributed by atoms with Crippen LogP contribution in [-0.4, -0.2) is 27.7 Å². The Bertz CT molecular complexity index is 561. The smallest absolute Gasteiger partial charge is 0.372 e. The predicted octanol–water partition coefficient (Wildman–Crippen LogP) is 2.11. The Morgan fingerprint density at radius 3 is 2.00 bits per heavy atom. The van der Waals surface area contributed by atoms with E-state index in [-0.39, 0.29) is 17.7 Å². The van der Waals surface area contributed by atoms with Gasteiger partial charge in [-0.05, 0) is 37.1 Å². The summed E-state index contributed by atoms with van der Waals surface area (Å²) in [4.78, 5) is 1.81. The lowest BCUT2D eigenvalue weighted by Crippen LogP contribution is -2.39. The molecule has 1 fully saturated rings. The lowest BCUT2D eigenvalue weighted by molar-refractivity contribution is -0.179. The van der Waals surface area contributed by atoms with Crippen LogP contribution in [0, 0.1) is 5.92 Å². The van der Waals surface area contributed by atoms with Gasteiger partial charge in [0, 0.05) is 18.8 Å². The molecule has 4 nitrogen and oxygen atoms in total. The molecule has 0 aromatic heterocycles. The van der Waals surface area contributed by atoms with E-state index in [1.54, 1.807) is 12.1 Å². The van der Waals surface area contributed by atoms with Crippen molar-refractivity contribution in [3.63, 3.8) is 0 Å². The summed E-state index contributed by atoms with van der Waals surface area (Å²) >= 11 is 0. The van der Waals surface area contributed by atoms with Gasteiger partial charge in [-0.25, -0.2) is 13.6 Å². The van der Waals surface area contributed by atoms with Crippen molar-refractivity contribution in [3.05, 3.63) is 24.3 Å². The van der Waals surface area contributed by atoms with Crippen LogP contribution in [0.5, 0.6) is 0 Å². The number of sulfonamides is 1. The Balaban J connectivity index is 2.04. The van der Waals surface area contributed by atoms with Crippen molar-refractivity contribution in [1.29, 1.82) is 0 Å². The van der Waals surface area contributed by atoms with Gasteiger partial charge >= 0.3 is 6.18 Å². The topological polar surface area (TPSA) is 63.4 Å². The van der Waals surface area contributed by atoms with E-state index in [0.29, 0.717) is 18.8 Å². The summed E-state index contributed by atoms with van der Waals surface area (Å²) in [5.74, 6) is -1.25. The molecule has 8 heteroatoms. The molecule has 0 atom stereocenters. The number of hydrogen-bond acceptors (Lipinski definition) is 3. The van der Waals surface area contributed by atoms with Crippen LogP contribution >= 0.6 is 0 Å². The highest BCUT2D eigenvalue weighted by Gasteiger charge is 2.41. The summed E-state index contributed by atoms with van der Waals surface area (Å²) in [7, 11) is -3.75. The predicted molar refractivity (Wildman–Crippen MR) is 68.8 cm³/mol. The molecule has 1 heterocycles. The molecule has 2 rings (SSSR count). The second-order valence-electron chi connectivity index (χ2n) is 4.84. The maximum atomic E-state index is 12.6. The monoisotopic (exact) mass is 308 g/mol. The lowest BCUT2D eigenvalue weighted by Gasteiger charge is -2.34. The van der Waals surface area contributed by atoms with Crippen molar-refractivity contribution in [2.45, 2.75) is 23.9 Å². The van der Waals surface area contributed by atoms with Crippen molar-refractivity contribution < 1.29 is 21.6 Å². The first-order chi connectivity index (χ1) is 9.18. The fraction of sp³-hybridized carbons (Fsp3) is 0.500.